The van der Waals surface area contributed by atoms with E-state index >= 15 is 0 Å². The molecule has 0 aliphatic carbocycles. The van der Waals surface area contributed by atoms with Crippen LogP contribution in [0.3, 0.4) is 0 Å². The van der Waals surface area contributed by atoms with E-state index in [-0.39, 0.29) is 5.82 Å². The van der Waals surface area contributed by atoms with Crippen LogP contribution in [-0.2, 0) is 7.05 Å². The van der Waals surface area contributed by atoms with E-state index in [1.807, 2.05) is 27.0 Å². The lowest BCUT2D eigenvalue weighted by Gasteiger charge is -2.09. The van der Waals surface area contributed by atoms with Crippen LogP contribution in [0.4, 0.5) is 20.8 Å². The first-order chi connectivity index (χ1) is 13.9. The van der Waals surface area contributed by atoms with Crippen molar-refractivity contribution in [3.63, 3.8) is 0 Å². The molecule has 0 atom stereocenters. The van der Waals surface area contributed by atoms with Gasteiger partial charge in [0.1, 0.15) is 22.5 Å². The number of carbonyl (C=O) groups excluding carboxylic acids is 1. The number of nitrogens with one attached hydrogen (secondary N) is 3. The first-order valence-corrected chi connectivity index (χ1v) is 9.64. The number of hydrazine groups is 1. The number of aryl methyl sites for hydroxylation is 3. The Morgan fingerprint density at radius 1 is 1.17 bits per heavy atom. The highest BCUT2D eigenvalue weighted by molar-refractivity contribution is 7.13. The van der Waals surface area contributed by atoms with Crippen molar-refractivity contribution in [3.8, 4) is 10.6 Å². The highest BCUT2D eigenvalue weighted by atomic mass is 32.1. The number of urea groups is 1. The summed E-state index contributed by atoms with van der Waals surface area (Å²) in [5.41, 5.74) is 8.32. The van der Waals surface area contributed by atoms with Gasteiger partial charge in [0, 0.05) is 23.4 Å². The van der Waals surface area contributed by atoms with E-state index in [1.54, 1.807) is 28.3 Å². The number of hydrogen-bond acceptors (Lipinski definition) is 6. The van der Waals surface area contributed by atoms with Crippen LogP contribution in [0.1, 0.15) is 11.3 Å². The summed E-state index contributed by atoms with van der Waals surface area (Å²) in [7, 11) is 1.82. The molecule has 0 radical (unpaired) electrons. The Morgan fingerprint density at radius 2 is 1.97 bits per heavy atom. The number of pyridine rings is 1. The highest BCUT2D eigenvalue weighted by Gasteiger charge is 2.13. The third-order valence-corrected chi connectivity index (χ3v) is 5.20. The van der Waals surface area contributed by atoms with Gasteiger partial charge in [-0.15, -0.1) is 11.3 Å². The minimum absolute atomic E-state index is 0.328. The topological polar surface area (TPSA) is 96.8 Å². The molecule has 3 N–H and O–H groups in total. The Balaban J connectivity index is 1.43. The van der Waals surface area contributed by atoms with E-state index < -0.39 is 6.03 Å². The molecule has 10 heteroatoms. The quantitative estimate of drug-likeness (QED) is 0.441. The number of halogens is 1. The molecule has 0 unspecified atom stereocenters. The van der Waals surface area contributed by atoms with Gasteiger partial charge >= 0.3 is 6.03 Å². The summed E-state index contributed by atoms with van der Waals surface area (Å²) in [6.45, 7) is 3.89. The number of aromatic nitrogens is 4. The average molecular weight is 411 g/mol. The Kier molecular flexibility index (Phi) is 4.85. The zero-order valence-electron chi connectivity index (χ0n) is 15.9. The third kappa shape index (κ3) is 3.74. The molecule has 8 nitrogen and oxygen atoms in total. The SMILES string of the molecule is Cc1cc(NNC(=O)Nc2csc(-c3ccccc3F)n2)nc2c1c(C)nn2C. The number of carbonyl (C=O) groups is 1. The molecule has 0 bridgehead atoms. The van der Waals surface area contributed by atoms with Crippen LogP contribution in [0.2, 0.25) is 0 Å². The van der Waals surface area contributed by atoms with Gasteiger partial charge in [-0.05, 0) is 37.6 Å². The molecule has 4 rings (SSSR count). The van der Waals surface area contributed by atoms with Crippen molar-refractivity contribution in [2.24, 2.45) is 7.05 Å². The van der Waals surface area contributed by atoms with Crippen LogP contribution in [0.15, 0.2) is 35.7 Å². The summed E-state index contributed by atoms with van der Waals surface area (Å²) in [5, 5.41) is 10.1. The molecule has 0 saturated carbocycles. The zero-order valence-corrected chi connectivity index (χ0v) is 16.8. The fourth-order valence-corrected chi connectivity index (χ4v) is 3.86. The number of anilines is 2. The lowest BCUT2D eigenvalue weighted by molar-refractivity contribution is 0.253. The van der Waals surface area contributed by atoms with Gasteiger partial charge in [-0.1, -0.05) is 12.1 Å². The summed E-state index contributed by atoms with van der Waals surface area (Å²) in [4.78, 5) is 20.9. The van der Waals surface area contributed by atoms with E-state index in [0.717, 1.165) is 22.3 Å². The first kappa shape index (κ1) is 18.8. The third-order valence-electron chi connectivity index (χ3n) is 4.32. The van der Waals surface area contributed by atoms with Crippen molar-refractivity contribution in [3.05, 3.63) is 52.8 Å². The molecule has 0 fully saturated rings. The minimum atomic E-state index is -0.517. The summed E-state index contributed by atoms with van der Waals surface area (Å²) < 4.78 is 15.6. The van der Waals surface area contributed by atoms with Gasteiger partial charge in [-0.2, -0.15) is 5.10 Å². The zero-order chi connectivity index (χ0) is 20.5. The van der Waals surface area contributed by atoms with Crippen LogP contribution in [0.25, 0.3) is 21.6 Å². The van der Waals surface area contributed by atoms with Gasteiger partial charge in [0.15, 0.2) is 5.65 Å². The van der Waals surface area contributed by atoms with Gasteiger partial charge < -0.3 is 0 Å². The maximum atomic E-state index is 13.9. The van der Waals surface area contributed by atoms with Gasteiger partial charge in [-0.3, -0.25) is 15.4 Å². The number of rotatable bonds is 4. The second-order valence-electron chi connectivity index (χ2n) is 6.45. The number of nitrogens with zero attached hydrogens (tertiary/aromatic N) is 4. The molecule has 4 aromatic rings. The van der Waals surface area contributed by atoms with E-state index in [1.165, 1.54) is 17.4 Å². The van der Waals surface area contributed by atoms with E-state index in [2.05, 4.69) is 31.2 Å². The van der Waals surface area contributed by atoms with Gasteiger partial charge in [0.2, 0.25) is 0 Å². The molecule has 29 heavy (non-hydrogen) atoms. The normalized spacial score (nSPS) is 10.9. The van der Waals surface area contributed by atoms with Crippen molar-refractivity contribution < 1.29 is 9.18 Å². The molecule has 1 aromatic carbocycles. The predicted octanol–water partition coefficient (Wildman–Crippen LogP) is 4.00. The van der Waals surface area contributed by atoms with Crippen molar-refractivity contribution in [1.82, 2.24) is 25.2 Å². The van der Waals surface area contributed by atoms with Crippen molar-refractivity contribution in [1.29, 1.82) is 0 Å². The van der Waals surface area contributed by atoms with Crippen LogP contribution < -0.4 is 16.2 Å². The number of thiazole rings is 1. The standard InChI is InChI=1S/C19H18FN7OS/c1-10-8-14(21-17-16(10)11(2)26-27(17)3)24-25-19(28)23-15-9-29-18(22-15)12-6-4-5-7-13(12)20/h4-9H,1-3H3,(H,21,24)(H2,23,25,28). The van der Waals surface area contributed by atoms with Crippen molar-refractivity contribution >= 4 is 40.0 Å². The fraction of sp³-hybridized carbons (Fsp3) is 0.158. The van der Waals surface area contributed by atoms with Crippen LogP contribution in [-0.4, -0.2) is 25.8 Å². The van der Waals surface area contributed by atoms with Crippen LogP contribution >= 0.6 is 11.3 Å². The monoisotopic (exact) mass is 411 g/mol. The molecule has 3 aromatic heterocycles. The second kappa shape index (κ2) is 7.47. The van der Waals surface area contributed by atoms with Crippen molar-refractivity contribution in [2.75, 3.05) is 10.7 Å². The Hall–Kier alpha value is -3.53. The first-order valence-electron chi connectivity index (χ1n) is 8.77. The molecule has 3 heterocycles. The molecular weight excluding hydrogens is 393 g/mol. The number of hydrogen-bond donors (Lipinski definition) is 3. The Labute approximate surface area is 169 Å². The lowest BCUT2D eigenvalue weighted by atomic mass is 10.1. The fourth-order valence-electron chi connectivity index (χ4n) is 3.08. The summed E-state index contributed by atoms with van der Waals surface area (Å²) in [6.07, 6.45) is 0. The molecule has 0 spiro atoms. The molecule has 2 amide bonds. The molecule has 0 aliphatic heterocycles. The average Bonchev–Trinajstić information content (AvgIpc) is 3.25. The summed E-state index contributed by atoms with van der Waals surface area (Å²) in [6, 6.07) is 7.68. The van der Waals surface area contributed by atoms with Crippen LogP contribution in [0, 0.1) is 19.7 Å². The summed E-state index contributed by atoms with van der Waals surface area (Å²) in [5.74, 6) is 0.453. The Bertz CT molecular complexity index is 1220. The Morgan fingerprint density at radius 3 is 2.76 bits per heavy atom. The largest absolute Gasteiger partial charge is 0.339 e. The summed E-state index contributed by atoms with van der Waals surface area (Å²) >= 11 is 1.24. The molecule has 148 valence electrons. The number of fused-ring (bicyclic) bond motifs is 1. The number of amides is 2. The minimum Gasteiger partial charge on any atom is -0.290 e. The van der Waals surface area contributed by atoms with E-state index in [4.69, 9.17) is 0 Å². The maximum Gasteiger partial charge on any atom is 0.339 e. The molecule has 0 saturated heterocycles. The lowest BCUT2D eigenvalue weighted by Crippen LogP contribution is -2.34. The van der Waals surface area contributed by atoms with E-state index in [0.29, 0.717) is 22.2 Å². The van der Waals surface area contributed by atoms with Crippen molar-refractivity contribution in [2.45, 2.75) is 13.8 Å². The van der Waals surface area contributed by atoms with E-state index in [9.17, 15) is 9.18 Å². The highest BCUT2D eigenvalue weighted by Crippen LogP contribution is 2.28. The molecular formula is C19H18FN7OS. The second-order valence-corrected chi connectivity index (χ2v) is 7.31. The van der Waals surface area contributed by atoms with Gasteiger partial charge in [0.05, 0.1) is 5.69 Å². The van der Waals surface area contributed by atoms with Crippen LogP contribution in [0.5, 0.6) is 0 Å². The van der Waals surface area contributed by atoms with Gasteiger partial charge in [0.25, 0.3) is 0 Å². The smallest absolute Gasteiger partial charge is 0.290 e. The van der Waals surface area contributed by atoms with Gasteiger partial charge in [-0.25, -0.2) is 24.6 Å². The number of benzene rings is 1. The maximum absolute atomic E-state index is 13.9. The predicted molar refractivity (Wildman–Crippen MR) is 111 cm³/mol. The molecule has 0 aliphatic rings.